The lowest BCUT2D eigenvalue weighted by molar-refractivity contribution is 0.0635. The van der Waals surface area contributed by atoms with Gasteiger partial charge in [-0.1, -0.05) is 25.5 Å². The average molecular weight is 274 g/mol. The van der Waals surface area contributed by atoms with E-state index in [4.69, 9.17) is 0 Å². The third-order valence-corrected chi connectivity index (χ3v) is 4.32. The van der Waals surface area contributed by atoms with Crippen molar-refractivity contribution in [1.29, 1.82) is 0 Å². The third kappa shape index (κ3) is 3.40. The number of amides is 1. The Kier molecular flexibility index (Phi) is 5.18. The van der Waals surface area contributed by atoms with Gasteiger partial charge in [-0.15, -0.1) is 0 Å². The topological polar surface area (TPSA) is 23.6 Å². The highest BCUT2D eigenvalue weighted by molar-refractivity contribution is 5.96. The van der Waals surface area contributed by atoms with Gasteiger partial charge in [0.25, 0.3) is 5.91 Å². The zero-order chi connectivity index (χ0) is 14.5. The fourth-order valence-corrected chi connectivity index (χ4v) is 2.71. The van der Waals surface area contributed by atoms with Crippen molar-refractivity contribution in [1.82, 2.24) is 9.80 Å². The third-order valence-electron chi connectivity index (χ3n) is 4.32. The van der Waals surface area contributed by atoms with Crippen molar-refractivity contribution >= 4 is 5.91 Å². The predicted octanol–water partition coefficient (Wildman–Crippen LogP) is 2.86. The number of piperazine rings is 1. The molecule has 0 unspecified atom stereocenters. The average Bonchev–Trinajstić information content (AvgIpc) is 2.48. The minimum absolute atomic E-state index is 0.196. The molecule has 1 aliphatic heterocycles. The van der Waals surface area contributed by atoms with Gasteiger partial charge in [0, 0.05) is 31.7 Å². The predicted molar refractivity (Wildman–Crippen MR) is 83.2 cm³/mol. The molecule has 0 radical (unpaired) electrons. The molecule has 3 heteroatoms. The number of unbranched alkanes of at least 4 members (excludes halogenated alkanes) is 1. The first-order valence-corrected chi connectivity index (χ1v) is 7.71. The molecule has 0 aliphatic carbocycles. The summed E-state index contributed by atoms with van der Waals surface area (Å²) < 4.78 is 0. The highest BCUT2D eigenvalue weighted by atomic mass is 16.2. The van der Waals surface area contributed by atoms with Gasteiger partial charge in [-0.2, -0.15) is 0 Å². The summed E-state index contributed by atoms with van der Waals surface area (Å²) in [5.41, 5.74) is 3.18. The zero-order valence-corrected chi connectivity index (χ0v) is 13.0. The number of aryl methyl sites for hydroxylation is 1. The molecular weight excluding hydrogens is 248 g/mol. The van der Waals surface area contributed by atoms with Gasteiger partial charge in [0.15, 0.2) is 0 Å². The van der Waals surface area contributed by atoms with Gasteiger partial charge in [0.1, 0.15) is 0 Å². The van der Waals surface area contributed by atoms with Crippen molar-refractivity contribution in [2.45, 2.75) is 33.6 Å². The molecule has 1 aromatic rings. The first kappa shape index (κ1) is 15.0. The van der Waals surface area contributed by atoms with E-state index in [9.17, 15) is 4.79 Å². The van der Waals surface area contributed by atoms with Crippen LogP contribution in [0.1, 0.15) is 41.3 Å². The largest absolute Gasteiger partial charge is 0.336 e. The Hall–Kier alpha value is -1.35. The van der Waals surface area contributed by atoms with Gasteiger partial charge in [0.2, 0.25) is 0 Å². The van der Waals surface area contributed by atoms with Crippen molar-refractivity contribution in [3.8, 4) is 0 Å². The lowest BCUT2D eigenvalue weighted by atomic mass is 10.0. The molecule has 0 bridgehead atoms. The van der Waals surface area contributed by atoms with E-state index in [1.165, 1.54) is 24.9 Å². The summed E-state index contributed by atoms with van der Waals surface area (Å²) in [6.07, 6.45) is 2.49. The van der Waals surface area contributed by atoms with Crippen LogP contribution in [0.3, 0.4) is 0 Å². The monoisotopic (exact) mass is 274 g/mol. The number of hydrogen-bond donors (Lipinski definition) is 0. The summed E-state index contributed by atoms with van der Waals surface area (Å²) in [5.74, 6) is 0.196. The number of carbonyl (C=O) groups excluding carboxylic acids is 1. The maximum absolute atomic E-state index is 12.6. The van der Waals surface area contributed by atoms with Crippen LogP contribution in [0.4, 0.5) is 0 Å². The van der Waals surface area contributed by atoms with Crippen LogP contribution in [0, 0.1) is 13.8 Å². The summed E-state index contributed by atoms with van der Waals surface area (Å²) >= 11 is 0. The molecule has 1 aromatic carbocycles. The van der Waals surface area contributed by atoms with Gasteiger partial charge in [-0.25, -0.2) is 0 Å². The molecule has 1 saturated heterocycles. The maximum atomic E-state index is 12.6. The normalized spacial score (nSPS) is 16.4. The molecule has 1 amide bonds. The second-order valence-corrected chi connectivity index (χ2v) is 5.73. The van der Waals surface area contributed by atoms with E-state index in [1.54, 1.807) is 0 Å². The SMILES string of the molecule is CCCCN1CCN(C(=O)c2cccc(C)c2C)CC1. The van der Waals surface area contributed by atoms with Gasteiger partial charge >= 0.3 is 0 Å². The maximum Gasteiger partial charge on any atom is 0.254 e. The van der Waals surface area contributed by atoms with Crippen LogP contribution in [0.5, 0.6) is 0 Å². The summed E-state index contributed by atoms with van der Waals surface area (Å²) in [5, 5.41) is 0. The molecule has 0 N–H and O–H groups in total. The van der Waals surface area contributed by atoms with E-state index < -0.39 is 0 Å². The molecule has 2 rings (SSSR count). The second-order valence-electron chi connectivity index (χ2n) is 5.73. The van der Waals surface area contributed by atoms with Crippen LogP contribution in [0.2, 0.25) is 0 Å². The van der Waals surface area contributed by atoms with E-state index in [0.717, 1.165) is 37.3 Å². The summed E-state index contributed by atoms with van der Waals surface area (Å²) in [6, 6.07) is 6.00. The standard InChI is InChI=1S/C17H26N2O/c1-4-5-9-18-10-12-19(13-11-18)17(20)16-8-6-7-14(2)15(16)3/h6-8H,4-5,9-13H2,1-3H3. The van der Waals surface area contributed by atoms with Gasteiger partial charge in [0.05, 0.1) is 0 Å². The Morgan fingerprint density at radius 2 is 1.85 bits per heavy atom. The van der Waals surface area contributed by atoms with E-state index in [-0.39, 0.29) is 5.91 Å². The second kappa shape index (κ2) is 6.89. The van der Waals surface area contributed by atoms with Gasteiger partial charge in [-0.05, 0) is 44.0 Å². The summed E-state index contributed by atoms with van der Waals surface area (Å²) in [7, 11) is 0. The van der Waals surface area contributed by atoms with E-state index in [1.807, 2.05) is 24.0 Å². The Labute approximate surface area is 122 Å². The van der Waals surface area contributed by atoms with Crippen LogP contribution >= 0.6 is 0 Å². The smallest absolute Gasteiger partial charge is 0.254 e. The van der Waals surface area contributed by atoms with Crippen molar-refractivity contribution < 1.29 is 4.79 Å². The van der Waals surface area contributed by atoms with E-state index >= 15 is 0 Å². The first-order valence-electron chi connectivity index (χ1n) is 7.71. The molecule has 0 spiro atoms. The first-order chi connectivity index (χ1) is 9.63. The zero-order valence-electron chi connectivity index (χ0n) is 13.0. The number of hydrogen-bond acceptors (Lipinski definition) is 2. The van der Waals surface area contributed by atoms with Crippen molar-refractivity contribution in [3.63, 3.8) is 0 Å². The molecular formula is C17H26N2O. The molecule has 1 aliphatic rings. The molecule has 0 saturated carbocycles. The minimum Gasteiger partial charge on any atom is -0.336 e. The number of benzene rings is 1. The lowest BCUT2D eigenvalue weighted by Crippen LogP contribution is -2.49. The van der Waals surface area contributed by atoms with Crippen molar-refractivity contribution in [2.24, 2.45) is 0 Å². The molecule has 0 aromatic heterocycles. The highest BCUT2D eigenvalue weighted by Crippen LogP contribution is 2.16. The number of nitrogens with zero attached hydrogens (tertiary/aromatic N) is 2. The Balaban J connectivity index is 1.96. The molecule has 0 atom stereocenters. The van der Waals surface area contributed by atoms with Crippen LogP contribution in [0.15, 0.2) is 18.2 Å². The van der Waals surface area contributed by atoms with Crippen LogP contribution in [-0.2, 0) is 0 Å². The molecule has 110 valence electrons. The van der Waals surface area contributed by atoms with Gasteiger partial charge < -0.3 is 4.90 Å². The van der Waals surface area contributed by atoms with Crippen LogP contribution < -0.4 is 0 Å². The highest BCUT2D eigenvalue weighted by Gasteiger charge is 2.22. The molecule has 3 nitrogen and oxygen atoms in total. The lowest BCUT2D eigenvalue weighted by Gasteiger charge is -2.35. The molecule has 1 heterocycles. The number of rotatable bonds is 4. The Morgan fingerprint density at radius 1 is 1.15 bits per heavy atom. The van der Waals surface area contributed by atoms with Crippen LogP contribution in [0.25, 0.3) is 0 Å². The van der Waals surface area contributed by atoms with E-state index in [0.29, 0.717) is 0 Å². The molecule has 1 fully saturated rings. The van der Waals surface area contributed by atoms with Gasteiger partial charge in [-0.3, -0.25) is 9.69 Å². The molecule has 20 heavy (non-hydrogen) atoms. The van der Waals surface area contributed by atoms with Crippen LogP contribution in [-0.4, -0.2) is 48.4 Å². The fraction of sp³-hybridized carbons (Fsp3) is 0.588. The summed E-state index contributed by atoms with van der Waals surface area (Å²) in [6.45, 7) is 11.2. The Bertz CT molecular complexity index is 462. The minimum atomic E-state index is 0.196. The van der Waals surface area contributed by atoms with E-state index in [2.05, 4.69) is 24.8 Å². The summed E-state index contributed by atoms with van der Waals surface area (Å²) in [4.78, 5) is 17.1. The quantitative estimate of drug-likeness (QED) is 0.843. The number of carbonyl (C=O) groups is 1. The van der Waals surface area contributed by atoms with Crippen molar-refractivity contribution in [3.05, 3.63) is 34.9 Å². The van der Waals surface area contributed by atoms with Crippen molar-refractivity contribution in [2.75, 3.05) is 32.7 Å². The Morgan fingerprint density at radius 3 is 2.50 bits per heavy atom. The fourth-order valence-electron chi connectivity index (χ4n) is 2.71.